The van der Waals surface area contributed by atoms with E-state index >= 15 is 0 Å². The fourth-order valence-electron chi connectivity index (χ4n) is 3.31. The second-order valence-electron chi connectivity index (χ2n) is 6.80. The van der Waals surface area contributed by atoms with Gasteiger partial charge in [0.05, 0.1) is 16.6 Å². The summed E-state index contributed by atoms with van der Waals surface area (Å²) in [6.45, 7) is 0.688. The van der Waals surface area contributed by atoms with E-state index in [0.29, 0.717) is 6.54 Å². The van der Waals surface area contributed by atoms with Crippen molar-refractivity contribution in [2.24, 2.45) is 0 Å². The molecule has 1 aromatic heterocycles. The van der Waals surface area contributed by atoms with Crippen LogP contribution in [-0.4, -0.2) is 17.7 Å². The second-order valence-corrected chi connectivity index (χ2v) is 7.91. The molecule has 1 amide bonds. The van der Waals surface area contributed by atoms with Gasteiger partial charge in [0.1, 0.15) is 5.01 Å². The van der Waals surface area contributed by atoms with Gasteiger partial charge in [0, 0.05) is 6.54 Å². The number of benzene rings is 3. The molecule has 0 saturated carbocycles. The Morgan fingerprint density at radius 3 is 2.72 bits per heavy atom. The Labute approximate surface area is 171 Å². The molecule has 0 aliphatic carbocycles. The molecule has 1 aliphatic heterocycles. The van der Waals surface area contributed by atoms with Crippen molar-refractivity contribution in [1.82, 2.24) is 10.3 Å². The van der Waals surface area contributed by atoms with Crippen molar-refractivity contribution in [3.05, 3.63) is 77.3 Å². The first-order valence-electron chi connectivity index (χ1n) is 9.35. The summed E-state index contributed by atoms with van der Waals surface area (Å²) in [5, 5.41) is 3.76. The first kappa shape index (κ1) is 17.7. The number of hydrogen-bond donors (Lipinski definition) is 1. The third-order valence-corrected chi connectivity index (χ3v) is 5.80. The highest BCUT2D eigenvalue weighted by molar-refractivity contribution is 7.18. The molecular formula is C23H18N2O3S. The minimum atomic E-state index is -0.0509. The molecular weight excluding hydrogens is 384 g/mol. The smallest absolute Gasteiger partial charge is 0.231 e. The van der Waals surface area contributed by atoms with Gasteiger partial charge in [0.2, 0.25) is 12.7 Å². The summed E-state index contributed by atoms with van der Waals surface area (Å²) in [7, 11) is 0. The summed E-state index contributed by atoms with van der Waals surface area (Å²) in [5.74, 6) is 1.41. The van der Waals surface area contributed by atoms with Gasteiger partial charge in [0.25, 0.3) is 0 Å². The van der Waals surface area contributed by atoms with E-state index in [0.717, 1.165) is 37.9 Å². The third-order valence-electron chi connectivity index (χ3n) is 4.78. The molecule has 1 aliphatic rings. The highest BCUT2D eigenvalue weighted by Crippen LogP contribution is 2.32. The number of aromatic nitrogens is 1. The lowest BCUT2D eigenvalue weighted by atomic mass is 10.1. The maximum atomic E-state index is 12.4. The van der Waals surface area contributed by atoms with Crippen LogP contribution in [0.1, 0.15) is 10.6 Å². The number of carbonyl (C=O) groups is 1. The van der Waals surface area contributed by atoms with Crippen LogP contribution in [0.5, 0.6) is 11.5 Å². The summed E-state index contributed by atoms with van der Waals surface area (Å²) in [4.78, 5) is 17.0. The highest BCUT2D eigenvalue weighted by atomic mass is 32.1. The Kier molecular flexibility index (Phi) is 4.62. The van der Waals surface area contributed by atoms with Crippen LogP contribution in [0.3, 0.4) is 0 Å². The zero-order chi connectivity index (χ0) is 19.6. The maximum Gasteiger partial charge on any atom is 0.231 e. The maximum absolute atomic E-state index is 12.4. The molecule has 2 heterocycles. The fraction of sp³-hybridized carbons (Fsp3) is 0.130. The van der Waals surface area contributed by atoms with E-state index in [9.17, 15) is 4.79 Å². The zero-order valence-corrected chi connectivity index (χ0v) is 16.4. The Balaban J connectivity index is 1.25. The topological polar surface area (TPSA) is 60.5 Å². The predicted molar refractivity (Wildman–Crippen MR) is 113 cm³/mol. The summed E-state index contributed by atoms with van der Waals surface area (Å²) >= 11 is 1.56. The van der Waals surface area contributed by atoms with E-state index in [1.807, 2.05) is 42.5 Å². The van der Waals surface area contributed by atoms with Gasteiger partial charge >= 0.3 is 0 Å². The predicted octanol–water partition coefficient (Wildman–Crippen LogP) is 4.55. The van der Waals surface area contributed by atoms with Gasteiger partial charge in [-0.1, -0.05) is 42.5 Å². The Hall–Kier alpha value is -3.38. The van der Waals surface area contributed by atoms with Crippen molar-refractivity contribution in [3.8, 4) is 22.6 Å². The molecule has 0 unspecified atom stereocenters. The Bertz CT molecular complexity index is 1190. The zero-order valence-electron chi connectivity index (χ0n) is 15.6. The van der Waals surface area contributed by atoms with Crippen LogP contribution in [0.25, 0.3) is 21.3 Å². The van der Waals surface area contributed by atoms with E-state index in [4.69, 9.17) is 9.47 Å². The van der Waals surface area contributed by atoms with Gasteiger partial charge in [-0.2, -0.15) is 0 Å². The number of nitrogens with zero attached hydrogens (tertiary/aromatic N) is 1. The summed E-state index contributed by atoms with van der Waals surface area (Å²) < 4.78 is 11.8. The SMILES string of the molecule is O=C(Cc1nc2ccc(-c3ccccc3)cc2s1)NCc1ccc2c(c1)OCO2. The van der Waals surface area contributed by atoms with E-state index in [2.05, 4.69) is 34.6 Å². The van der Waals surface area contributed by atoms with Crippen LogP contribution in [0.2, 0.25) is 0 Å². The number of thiazole rings is 1. The molecule has 0 atom stereocenters. The molecule has 1 N–H and O–H groups in total. The molecule has 29 heavy (non-hydrogen) atoms. The number of amides is 1. The average Bonchev–Trinajstić information content (AvgIpc) is 3.38. The first-order chi connectivity index (χ1) is 14.2. The van der Waals surface area contributed by atoms with Crippen LogP contribution in [0.4, 0.5) is 0 Å². The minimum Gasteiger partial charge on any atom is -0.454 e. The molecule has 5 rings (SSSR count). The van der Waals surface area contributed by atoms with Crippen LogP contribution >= 0.6 is 11.3 Å². The van der Waals surface area contributed by atoms with E-state index in [1.165, 1.54) is 5.56 Å². The van der Waals surface area contributed by atoms with Crippen molar-refractivity contribution in [2.75, 3.05) is 6.79 Å². The van der Waals surface area contributed by atoms with Crippen molar-refractivity contribution < 1.29 is 14.3 Å². The summed E-state index contributed by atoms with van der Waals surface area (Å²) in [5.41, 5.74) is 4.22. The molecule has 3 aromatic carbocycles. The minimum absolute atomic E-state index is 0.0509. The van der Waals surface area contributed by atoms with Gasteiger partial charge in [-0.25, -0.2) is 4.98 Å². The van der Waals surface area contributed by atoms with Crippen LogP contribution in [0, 0.1) is 0 Å². The van der Waals surface area contributed by atoms with Crippen molar-refractivity contribution in [3.63, 3.8) is 0 Å². The van der Waals surface area contributed by atoms with Gasteiger partial charge in [0.15, 0.2) is 11.5 Å². The van der Waals surface area contributed by atoms with Crippen molar-refractivity contribution in [1.29, 1.82) is 0 Å². The quantitative estimate of drug-likeness (QED) is 0.532. The van der Waals surface area contributed by atoms with Gasteiger partial charge in [-0.05, 0) is 41.0 Å². The lowest BCUT2D eigenvalue weighted by Gasteiger charge is -2.05. The normalized spacial score (nSPS) is 12.3. The number of fused-ring (bicyclic) bond motifs is 2. The largest absolute Gasteiger partial charge is 0.454 e. The summed E-state index contributed by atoms with van der Waals surface area (Å²) in [6, 6.07) is 22.2. The number of hydrogen-bond acceptors (Lipinski definition) is 5. The van der Waals surface area contributed by atoms with E-state index in [1.54, 1.807) is 11.3 Å². The molecule has 0 bridgehead atoms. The van der Waals surface area contributed by atoms with Gasteiger partial charge in [-0.3, -0.25) is 4.79 Å². The average molecular weight is 402 g/mol. The number of carbonyl (C=O) groups excluding carboxylic acids is 1. The standard InChI is InChI=1S/C23H18N2O3S/c26-22(24-13-15-6-9-19-20(10-15)28-14-27-19)12-23-25-18-8-7-17(11-21(18)29-23)16-4-2-1-3-5-16/h1-11H,12-14H2,(H,24,26). The number of ether oxygens (including phenoxy) is 2. The van der Waals surface area contributed by atoms with E-state index < -0.39 is 0 Å². The molecule has 0 radical (unpaired) electrons. The molecule has 4 aromatic rings. The van der Waals surface area contributed by atoms with Gasteiger partial charge < -0.3 is 14.8 Å². The van der Waals surface area contributed by atoms with Crippen molar-refractivity contribution >= 4 is 27.5 Å². The third kappa shape index (κ3) is 3.79. The van der Waals surface area contributed by atoms with Crippen LogP contribution in [-0.2, 0) is 17.8 Å². The first-order valence-corrected chi connectivity index (χ1v) is 10.2. The molecule has 0 saturated heterocycles. The lowest BCUT2D eigenvalue weighted by molar-refractivity contribution is -0.120. The molecule has 0 spiro atoms. The number of rotatable bonds is 5. The Morgan fingerprint density at radius 1 is 0.966 bits per heavy atom. The fourth-order valence-corrected chi connectivity index (χ4v) is 4.31. The lowest BCUT2D eigenvalue weighted by Crippen LogP contribution is -2.24. The molecule has 144 valence electrons. The van der Waals surface area contributed by atoms with Crippen LogP contribution in [0.15, 0.2) is 66.7 Å². The Morgan fingerprint density at radius 2 is 1.83 bits per heavy atom. The molecule has 0 fully saturated rings. The number of nitrogens with one attached hydrogen (secondary N) is 1. The second kappa shape index (κ2) is 7.56. The van der Waals surface area contributed by atoms with Crippen molar-refractivity contribution in [2.45, 2.75) is 13.0 Å². The molecule has 5 nitrogen and oxygen atoms in total. The monoisotopic (exact) mass is 402 g/mol. The highest BCUT2D eigenvalue weighted by Gasteiger charge is 2.14. The molecule has 6 heteroatoms. The van der Waals surface area contributed by atoms with Gasteiger partial charge in [-0.15, -0.1) is 11.3 Å². The van der Waals surface area contributed by atoms with Crippen LogP contribution < -0.4 is 14.8 Å². The van der Waals surface area contributed by atoms with E-state index in [-0.39, 0.29) is 19.1 Å². The summed E-state index contributed by atoms with van der Waals surface area (Å²) in [6.07, 6.45) is 0.268.